The highest BCUT2D eigenvalue weighted by molar-refractivity contribution is 7.99. The zero-order valence-corrected chi connectivity index (χ0v) is 15.0. The van der Waals surface area contributed by atoms with Crippen LogP contribution in [0, 0.1) is 6.92 Å². The van der Waals surface area contributed by atoms with Gasteiger partial charge < -0.3 is 9.73 Å². The quantitative estimate of drug-likeness (QED) is 0.704. The lowest BCUT2D eigenvalue weighted by molar-refractivity contribution is -0.118. The van der Waals surface area contributed by atoms with E-state index in [9.17, 15) is 4.79 Å². The standard InChI is InChI=1S/C20H20N2O2S/c1-13-8-16-9-14-4-2-5-15(14)10-18(16)22-20(13)25-12-19(23)21-11-17-6-3-7-24-17/h3,6-10H,2,4-5,11-12H2,1H3,(H,21,23). The number of pyridine rings is 1. The molecule has 0 fully saturated rings. The van der Waals surface area contributed by atoms with Crippen LogP contribution in [0.15, 0.2) is 46.0 Å². The largest absolute Gasteiger partial charge is 0.467 e. The summed E-state index contributed by atoms with van der Waals surface area (Å²) in [5.41, 5.74) is 5.04. The predicted molar refractivity (Wildman–Crippen MR) is 99.8 cm³/mol. The molecule has 0 radical (unpaired) electrons. The summed E-state index contributed by atoms with van der Waals surface area (Å²) >= 11 is 1.49. The van der Waals surface area contributed by atoms with Gasteiger partial charge in [-0.15, -0.1) is 0 Å². The van der Waals surface area contributed by atoms with Gasteiger partial charge in [-0.25, -0.2) is 4.98 Å². The lowest BCUT2D eigenvalue weighted by Crippen LogP contribution is -2.24. The minimum atomic E-state index is -0.0170. The van der Waals surface area contributed by atoms with Crippen LogP contribution in [0.2, 0.25) is 0 Å². The van der Waals surface area contributed by atoms with E-state index in [1.54, 1.807) is 6.26 Å². The highest BCUT2D eigenvalue weighted by Gasteiger charge is 2.14. The molecule has 25 heavy (non-hydrogen) atoms. The Bertz CT molecular complexity index is 919. The summed E-state index contributed by atoms with van der Waals surface area (Å²) in [4.78, 5) is 16.8. The van der Waals surface area contributed by atoms with Crippen LogP contribution in [-0.4, -0.2) is 16.6 Å². The molecule has 2 aromatic heterocycles. The maximum Gasteiger partial charge on any atom is 0.230 e. The summed E-state index contributed by atoms with van der Waals surface area (Å²) in [7, 11) is 0. The van der Waals surface area contributed by atoms with E-state index in [0.717, 1.165) is 28.3 Å². The molecule has 4 nitrogen and oxygen atoms in total. The number of hydrogen-bond donors (Lipinski definition) is 1. The third kappa shape index (κ3) is 3.56. The Balaban J connectivity index is 1.44. The second-order valence-electron chi connectivity index (χ2n) is 6.42. The molecule has 0 aliphatic heterocycles. The lowest BCUT2D eigenvalue weighted by atomic mass is 10.1. The highest BCUT2D eigenvalue weighted by Crippen LogP contribution is 2.30. The van der Waals surface area contributed by atoms with Gasteiger partial charge in [0, 0.05) is 5.39 Å². The van der Waals surface area contributed by atoms with E-state index in [0.29, 0.717) is 12.3 Å². The van der Waals surface area contributed by atoms with Crippen LogP contribution in [0.25, 0.3) is 10.9 Å². The maximum atomic E-state index is 12.0. The first-order valence-corrected chi connectivity index (χ1v) is 9.52. The van der Waals surface area contributed by atoms with Crippen molar-refractivity contribution in [2.24, 2.45) is 0 Å². The van der Waals surface area contributed by atoms with Crippen molar-refractivity contribution < 1.29 is 9.21 Å². The smallest absolute Gasteiger partial charge is 0.230 e. The zero-order valence-electron chi connectivity index (χ0n) is 14.2. The fourth-order valence-electron chi connectivity index (χ4n) is 3.27. The van der Waals surface area contributed by atoms with Crippen LogP contribution in [0.5, 0.6) is 0 Å². The second kappa shape index (κ2) is 6.92. The van der Waals surface area contributed by atoms with Gasteiger partial charge in [0.15, 0.2) is 0 Å². The molecule has 1 aliphatic carbocycles. The van der Waals surface area contributed by atoms with E-state index in [-0.39, 0.29) is 5.91 Å². The monoisotopic (exact) mass is 352 g/mol. The Kier molecular flexibility index (Phi) is 4.49. The number of benzene rings is 1. The Labute approximate surface area is 151 Å². The average molecular weight is 352 g/mol. The van der Waals surface area contributed by atoms with E-state index in [4.69, 9.17) is 9.40 Å². The number of aryl methyl sites for hydroxylation is 3. The topological polar surface area (TPSA) is 55.1 Å². The number of amides is 1. The third-order valence-electron chi connectivity index (χ3n) is 4.55. The average Bonchev–Trinajstić information content (AvgIpc) is 3.27. The fraction of sp³-hybridized carbons (Fsp3) is 0.300. The molecule has 0 saturated carbocycles. The Hall–Kier alpha value is -2.27. The van der Waals surface area contributed by atoms with E-state index in [1.165, 1.54) is 41.1 Å². The molecular formula is C20H20N2O2S. The highest BCUT2D eigenvalue weighted by atomic mass is 32.2. The number of nitrogens with zero attached hydrogens (tertiary/aromatic N) is 1. The van der Waals surface area contributed by atoms with Crippen molar-refractivity contribution in [3.8, 4) is 0 Å². The zero-order chi connectivity index (χ0) is 17.2. The second-order valence-corrected chi connectivity index (χ2v) is 7.39. The van der Waals surface area contributed by atoms with Crippen molar-refractivity contribution in [1.82, 2.24) is 10.3 Å². The summed E-state index contributed by atoms with van der Waals surface area (Å²) in [5, 5.41) is 4.99. The number of carbonyl (C=O) groups excluding carboxylic acids is 1. The number of fused-ring (bicyclic) bond motifs is 2. The number of rotatable bonds is 5. The van der Waals surface area contributed by atoms with Gasteiger partial charge in [-0.1, -0.05) is 11.8 Å². The van der Waals surface area contributed by atoms with Crippen molar-refractivity contribution in [3.05, 3.63) is 59.0 Å². The molecule has 0 spiro atoms. The van der Waals surface area contributed by atoms with Gasteiger partial charge in [0.2, 0.25) is 5.91 Å². The normalized spacial score (nSPS) is 13.2. The van der Waals surface area contributed by atoms with Gasteiger partial charge in [0.1, 0.15) is 10.8 Å². The van der Waals surface area contributed by atoms with Crippen molar-refractivity contribution in [1.29, 1.82) is 0 Å². The van der Waals surface area contributed by atoms with Crippen molar-refractivity contribution in [3.63, 3.8) is 0 Å². The van der Waals surface area contributed by atoms with Crippen LogP contribution in [0.4, 0.5) is 0 Å². The SMILES string of the molecule is Cc1cc2cc3c(cc2nc1SCC(=O)NCc1ccco1)CCC3. The number of carbonyl (C=O) groups is 1. The van der Waals surface area contributed by atoms with E-state index < -0.39 is 0 Å². The molecule has 1 aliphatic rings. The van der Waals surface area contributed by atoms with Crippen LogP contribution < -0.4 is 5.32 Å². The summed E-state index contributed by atoms with van der Waals surface area (Å²) in [6.07, 6.45) is 5.17. The summed E-state index contributed by atoms with van der Waals surface area (Å²) in [6.45, 7) is 2.48. The molecular weight excluding hydrogens is 332 g/mol. The van der Waals surface area contributed by atoms with Gasteiger partial charge >= 0.3 is 0 Å². The molecule has 0 bridgehead atoms. The van der Waals surface area contributed by atoms with E-state index in [1.807, 2.05) is 12.1 Å². The van der Waals surface area contributed by atoms with Gasteiger partial charge in [-0.2, -0.15) is 0 Å². The maximum absolute atomic E-state index is 12.0. The number of thioether (sulfide) groups is 1. The molecule has 4 rings (SSSR count). The first kappa shape index (κ1) is 16.2. The molecule has 2 heterocycles. The van der Waals surface area contributed by atoms with Crippen molar-refractivity contribution in [2.45, 2.75) is 37.8 Å². The minimum Gasteiger partial charge on any atom is -0.467 e. The lowest BCUT2D eigenvalue weighted by Gasteiger charge is -2.09. The molecule has 1 N–H and O–H groups in total. The van der Waals surface area contributed by atoms with Crippen molar-refractivity contribution in [2.75, 3.05) is 5.75 Å². The summed E-state index contributed by atoms with van der Waals surface area (Å²) < 4.78 is 5.22. The third-order valence-corrected chi connectivity index (χ3v) is 5.65. The number of furan rings is 1. The number of hydrogen-bond acceptors (Lipinski definition) is 4. The molecule has 0 saturated heterocycles. The minimum absolute atomic E-state index is 0.0170. The first-order chi connectivity index (χ1) is 12.2. The molecule has 1 aromatic carbocycles. The van der Waals surface area contributed by atoms with Crippen molar-refractivity contribution >= 4 is 28.6 Å². The molecule has 0 atom stereocenters. The van der Waals surface area contributed by atoms with Gasteiger partial charge in [0.25, 0.3) is 0 Å². The predicted octanol–water partition coefficient (Wildman–Crippen LogP) is 4.03. The molecule has 1 amide bonds. The molecule has 0 unspecified atom stereocenters. The Morgan fingerprint density at radius 3 is 2.92 bits per heavy atom. The van der Waals surface area contributed by atoms with Crippen LogP contribution in [0.3, 0.4) is 0 Å². The van der Waals surface area contributed by atoms with E-state index >= 15 is 0 Å². The van der Waals surface area contributed by atoms with Crippen LogP contribution in [0.1, 0.15) is 28.9 Å². The van der Waals surface area contributed by atoms with Gasteiger partial charge in [-0.3, -0.25) is 4.79 Å². The molecule has 5 heteroatoms. The first-order valence-electron chi connectivity index (χ1n) is 8.54. The number of nitrogens with one attached hydrogen (secondary N) is 1. The van der Waals surface area contributed by atoms with Gasteiger partial charge in [0.05, 0.1) is 24.1 Å². The van der Waals surface area contributed by atoms with E-state index in [2.05, 4.69) is 30.4 Å². The molecule has 3 aromatic rings. The van der Waals surface area contributed by atoms with Gasteiger partial charge in [-0.05, 0) is 73.2 Å². The summed E-state index contributed by atoms with van der Waals surface area (Å²) in [5.74, 6) is 1.09. The van der Waals surface area contributed by atoms with Crippen LogP contribution in [-0.2, 0) is 24.2 Å². The van der Waals surface area contributed by atoms with Crippen LogP contribution >= 0.6 is 11.8 Å². The number of aromatic nitrogens is 1. The Morgan fingerprint density at radius 2 is 2.12 bits per heavy atom. The fourth-order valence-corrected chi connectivity index (χ4v) is 4.08. The summed E-state index contributed by atoms with van der Waals surface area (Å²) in [6, 6.07) is 10.3. The molecule has 128 valence electrons. The Morgan fingerprint density at radius 1 is 1.28 bits per heavy atom.